The van der Waals surface area contributed by atoms with Crippen molar-refractivity contribution < 1.29 is 13.9 Å². The second kappa shape index (κ2) is 8.71. The molecule has 4 aromatic rings. The van der Waals surface area contributed by atoms with Crippen molar-refractivity contribution >= 4 is 28.6 Å². The number of nitrogens with one attached hydrogen (secondary N) is 1. The largest absolute Gasteiger partial charge is 0.465 e. The van der Waals surface area contributed by atoms with E-state index >= 15 is 0 Å². The van der Waals surface area contributed by atoms with E-state index in [2.05, 4.69) is 15.2 Å². The Bertz CT molecular complexity index is 1170. The number of esters is 1. The van der Waals surface area contributed by atoms with Crippen molar-refractivity contribution in [2.75, 3.05) is 6.61 Å². The van der Waals surface area contributed by atoms with Crippen molar-refractivity contribution in [3.63, 3.8) is 0 Å². The topological polar surface area (TPSA) is 72.8 Å². The monoisotopic (exact) mass is 424 g/mol. The molecule has 1 N–H and O–H groups in total. The Balaban J connectivity index is 1.83. The van der Waals surface area contributed by atoms with Gasteiger partial charge in [0, 0.05) is 28.4 Å². The van der Waals surface area contributed by atoms with Crippen LogP contribution in [0.1, 0.15) is 20.3 Å². The summed E-state index contributed by atoms with van der Waals surface area (Å²) in [5.74, 6) is 0.000186. The van der Waals surface area contributed by atoms with E-state index in [-0.39, 0.29) is 11.8 Å². The summed E-state index contributed by atoms with van der Waals surface area (Å²) in [5, 5.41) is 9.93. The van der Waals surface area contributed by atoms with Gasteiger partial charge in [0.25, 0.3) is 0 Å². The molecule has 0 fully saturated rings. The molecule has 4 rings (SSSR count). The maximum atomic E-state index is 13.6. The van der Waals surface area contributed by atoms with Gasteiger partial charge in [-0.25, -0.2) is 4.39 Å². The van der Waals surface area contributed by atoms with Crippen LogP contribution in [0, 0.1) is 5.82 Å². The van der Waals surface area contributed by atoms with Crippen LogP contribution in [0.5, 0.6) is 0 Å². The molecule has 0 aliphatic carbocycles. The number of fused-ring (bicyclic) bond motifs is 1. The molecule has 0 radical (unpaired) electrons. The van der Waals surface area contributed by atoms with Crippen LogP contribution in [0.3, 0.4) is 0 Å². The van der Waals surface area contributed by atoms with Crippen LogP contribution in [0.4, 0.5) is 4.39 Å². The third kappa shape index (κ3) is 3.82. The van der Waals surface area contributed by atoms with E-state index in [9.17, 15) is 9.18 Å². The smallest absolute Gasteiger partial charge is 0.319 e. The Kier molecular flexibility index (Phi) is 5.85. The van der Waals surface area contributed by atoms with Crippen molar-refractivity contribution in [1.82, 2.24) is 19.7 Å². The van der Waals surface area contributed by atoms with E-state index in [4.69, 9.17) is 4.74 Å². The van der Waals surface area contributed by atoms with Crippen molar-refractivity contribution in [2.24, 2.45) is 0 Å². The number of halogens is 1. The zero-order valence-corrected chi connectivity index (χ0v) is 17.4. The quantitative estimate of drug-likeness (QED) is 0.334. The lowest BCUT2D eigenvalue weighted by molar-refractivity contribution is -0.142. The van der Waals surface area contributed by atoms with Crippen LogP contribution in [-0.2, 0) is 9.53 Å². The summed E-state index contributed by atoms with van der Waals surface area (Å²) >= 11 is 1.30. The lowest BCUT2D eigenvalue weighted by Gasteiger charge is -2.14. The predicted molar refractivity (Wildman–Crippen MR) is 115 cm³/mol. The van der Waals surface area contributed by atoms with Crippen molar-refractivity contribution in [3.05, 3.63) is 60.5 Å². The number of carbonyl (C=O) groups excluding carboxylic acids is 1. The summed E-state index contributed by atoms with van der Waals surface area (Å²) in [6, 6.07) is 14.0. The van der Waals surface area contributed by atoms with E-state index < -0.39 is 5.25 Å². The Morgan fingerprint density at radius 3 is 2.67 bits per heavy atom. The van der Waals surface area contributed by atoms with Gasteiger partial charge in [0.05, 0.1) is 6.61 Å². The summed E-state index contributed by atoms with van der Waals surface area (Å²) in [4.78, 5) is 15.6. The van der Waals surface area contributed by atoms with E-state index in [1.54, 1.807) is 19.1 Å². The van der Waals surface area contributed by atoms with Gasteiger partial charge in [-0.2, -0.15) is 0 Å². The lowest BCUT2D eigenvalue weighted by Crippen LogP contribution is -2.20. The average molecular weight is 425 g/mol. The van der Waals surface area contributed by atoms with Gasteiger partial charge in [0.15, 0.2) is 11.0 Å². The van der Waals surface area contributed by atoms with E-state index in [0.717, 1.165) is 16.5 Å². The number of hydrogen-bond donors (Lipinski definition) is 1. The van der Waals surface area contributed by atoms with Gasteiger partial charge >= 0.3 is 5.97 Å². The Morgan fingerprint density at radius 1 is 1.17 bits per heavy atom. The number of H-pyrrole nitrogens is 1. The van der Waals surface area contributed by atoms with Crippen LogP contribution in [-0.4, -0.2) is 37.6 Å². The summed E-state index contributed by atoms with van der Waals surface area (Å²) in [6.07, 6.45) is 2.47. The summed E-state index contributed by atoms with van der Waals surface area (Å²) in [6.45, 7) is 4.03. The molecule has 2 aromatic carbocycles. The number of aromatic nitrogens is 4. The average Bonchev–Trinajstić information content (AvgIpc) is 3.36. The van der Waals surface area contributed by atoms with E-state index in [1.807, 2.05) is 42.0 Å². The molecular weight excluding hydrogens is 403 g/mol. The second-order valence-electron chi connectivity index (χ2n) is 6.63. The number of thioether (sulfide) groups is 1. The molecule has 6 nitrogen and oxygen atoms in total. The maximum Gasteiger partial charge on any atom is 0.319 e. The minimum Gasteiger partial charge on any atom is -0.465 e. The fourth-order valence-corrected chi connectivity index (χ4v) is 4.23. The summed E-state index contributed by atoms with van der Waals surface area (Å²) < 4.78 is 20.6. The number of nitrogens with zero attached hydrogens (tertiary/aromatic N) is 3. The first-order chi connectivity index (χ1) is 14.6. The van der Waals surface area contributed by atoms with Crippen LogP contribution >= 0.6 is 11.8 Å². The SMILES string of the molecule is CCOC(=O)[C@@H](CC)Sc1nnc(-c2c[nH]c3ccccc23)n1-c1ccc(F)cc1. The normalized spacial score (nSPS) is 12.2. The third-order valence-electron chi connectivity index (χ3n) is 4.72. The zero-order valence-electron chi connectivity index (χ0n) is 16.6. The molecule has 0 bridgehead atoms. The van der Waals surface area contributed by atoms with Gasteiger partial charge in [0.2, 0.25) is 0 Å². The zero-order chi connectivity index (χ0) is 21.1. The van der Waals surface area contributed by atoms with Crippen LogP contribution in [0.2, 0.25) is 0 Å². The molecule has 154 valence electrons. The number of aromatic amines is 1. The first-order valence-electron chi connectivity index (χ1n) is 9.73. The standard InChI is InChI=1S/C22H21FN4O2S/c1-3-19(21(28)29-4-2)30-22-26-25-20(27(22)15-11-9-14(23)10-12-15)17-13-24-18-8-6-5-7-16(17)18/h5-13,19,24H,3-4H2,1-2H3/t19-/m1/s1. The van der Waals surface area contributed by atoms with E-state index in [0.29, 0.717) is 29.7 Å². The molecule has 0 aliphatic rings. The predicted octanol–water partition coefficient (Wildman–Crippen LogP) is 4.99. The highest BCUT2D eigenvalue weighted by atomic mass is 32.2. The van der Waals surface area contributed by atoms with Crippen molar-refractivity contribution in [3.8, 4) is 17.1 Å². The van der Waals surface area contributed by atoms with Gasteiger partial charge in [-0.05, 0) is 43.7 Å². The molecule has 30 heavy (non-hydrogen) atoms. The molecule has 2 heterocycles. The minimum absolute atomic E-state index is 0.285. The molecule has 0 amide bonds. The third-order valence-corrected chi connectivity index (χ3v) is 6.00. The maximum absolute atomic E-state index is 13.6. The van der Waals surface area contributed by atoms with E-state index in [1.165, 1.54) is 23.9 Å². The second-order valence-corrected chi connectivity index (χ2v) is 7.80. The summed E-state index contributed by atoms with van der Waals surface area (Å²) in [7, 11) is 0. The molecule has 0 saturated heterocycles. The number of ether oxygens (including phenoxy) is 1. The van der Waals surface area contributed by atoms with Crippen molar-refractivity contribution in [1.29, 1.82) is 0 Å². The molecular formula is C22H21FN4O2S. The Labute approximate surface area is 177 Å². The summed E-state index contributed by atoms with van der Waals surface area (Å²) in [5.41, 5.74) is 2.56. The van der Waals surface area contributed by atoms with Gasteiger partial charge in [0.1, 0.15) is 11.1 Å². The highest BCUT2D eigenvalue weighted by Crippen LogP contribution is 2.34. The number of hydrogen-bond acceptors (Lipinski definition) is 5. The molecule has 1 atom stereocenters. The van der Waals surface area contributed by atoms with Crippen LogP contribution in [0.25, 0.3) is 28.0 Å². The Morgan fingerprint density at radius 2 is 1.93 bits per heavy atom. The number of para-hydroxylation sites is 1. The molecule has 0 saturated carbocycles. The highest BCUT2D eigenvalue weighted by molar-refractivity contribution is 8.00. The van der Waals surface area contributed by atoms with Gasteiger partial charge < -0.3 is 9.72 Å². The van der Waals surface area contributed by atoms with Crippen LogP contribution < -0.4 is 0 Å². The first kappa shape index (κ1) is 20.2. The molecule has 0 spiro atoms. The van der Waals surface area contributed by atoms with Crippen molar-refractivity contribution in [2.45, 2.75) is 30.7 Å². The van der Waals surface area contributed by atoms with Gasteiger partial charge in [-0.15, -0.1) is 10.2 Å². The first-order valence-corrected chi connectivity index (χ1v) is 10.6. The fourth-order valence-electron chi connectivity index (χ4n) is 3.26. The number of carbonyl (C=O) groups is 1. The molecule has 8 heteroatoms. The molecule has 2 aromatic heterocycles. The molecule has 0 aliphatic heterocycles. The van der Waals surface area contributed by atoms with Gasteiger partial charge in [-0.1, -0.05) is 36.9 Å². The number of benzene rings is 2. The minimum atomic E-state index is -0.413. The highest BCUT2D eigenvalue weighted by Gasteiger charge is 2.25. The Hall–Kier alpha value is -3.13. The number of rotatable bonds is 7. The molecule has 0 unspecified atom stereocenters. The van der Waals surface area contributed by atoms with Gasteiger partial charge in [-0.3, -0.25) is 9.36 Å². The van der Waals surface area contributed by atoms with Crippen LogP contribution in [0.15, 0.2) is 59.9 Å². The lowest BCUT2D eigenvalue weighted by atomic mass is 10.1. The fraction of sp³-hybridized carbons (Fsp3) is 0.227.